The number of carbonyl (C=O) groups excluding carboxylic acids is 1. The Morgan fingerprint density at radius 3 is 2.90 bits per heavy atom. The molecular weight excluding hydrogens is 380 g/mol. The summed E-state index contributed by atoms with van der Waals surface area (Å²) in [5.74, 6) is 2.89. The monoisotopic (exact) mass is 408 g/mol. The Morgan fingerprint density at radius 2 is 2.10 bits per heavy atom. The number of hydrogen-bond acceptors (Lipinski definition) is 7. The van der Waals surface area contributed by atoms with Crippen molar-refractivity contribution in [2.24, 2.45) is 5.92 Å². The van der Waals surface area contributed by atoms with Crippen LogP contribution in [0.25, 0.3) is 10.9 Å². The Bertz CT molecular complexity index is 1010. The molecule has 0 bridgehead atoms. The van der Waals surface area contributed by atoms with E-state index in [9.17, 15) is 4.79 Å². The number of piperidine rings is 1. The number of aromatic nitrogens is 4. The molecule has 0 unspecified atom stereocenters. The van der Waals surface area contributed by atoms with Crippen LogP contribution >= 0.6 is 0 Å². The Labute approximate surface area is 176 Å². The number of nitrogens with zero attached hydrogens (tertiary/aromatic N) is 4. The number of ether oxygens (including phenoxy) is 1. The second kappa shape index (κ2) is 9.21. The summed E-state index contributed by atoms with van der Waals surface area (Å²) in [6, 6.07) is 7.71. The number of nitrogens with one attached hydrogen (secondary N) is 2. The number of fused-ring (bicyclic) bond motifs is 1. The number of carbonyl (C=O) groups is 1. The number of aromatic amines is 1. The van der Waals surface area contributed by atoms with Crippen molar-refractivity contribution in [2.75, 3.05) is 32.1 Å². The van der Waals surface area contributed by atoms with Gasteiger partial charge in [-0.2, -0.15) is 5.10 Å². The van der Waals surface area contributed by atoms with E-state index in [2.05, 4.69) is 37.4 Å². The minimum atomic E-state index is 0.172. The van der Waals surface area contributed by atoms with Crippen LogP contribution in [0.1, 0.15) is 31.9 Å². The van der Waals surface area contributed by atoms with Crippen molar-refractivity contribution in [1.82, 2.24) is 25.1 Å². The third-order valence-corrected chi connectivity index (χ3v) is 5.59. The zero-order valence-corrected chi connectivity index (χ0v) is 17.5. The highest BCUT2D eigenvalue weighted by atomic mass is 16.5. The lowest BCUT2D eigenvalue weighted by Gasteiger charge is -2.28. The number of rotatable bonds is 8. The predicted molar refractivity (Wildman–Crippen MR) is 116 cm³/mol. The van der Waals surface area contributed by atoms with Crippen molar-refractivity contribution >= 4 is 28.3 Å². The van der Waals surface area contributed by atoms with Gasteiger partial charge in [-0.3, -0.25) is 9.89 Å². The first kappa shape index (κ1) is 20.3. The summed E-state index contributed by atoms with van der Waals surface area (Å²) < 4.78 is 6.05. The van der Waals surface area contributed by atoms with Crippen molar-refractivity contribution in [2.45, 2.75) is 32.6 Å². The molecule has 3 aromatic rings. The molecular formula is C22H28N6O2. The Morgan fingerprint density at radius 1 is 1.27 bits per heavy atom. The molecule has 2 N–H and O–H groups in total. The SMILES string of the molecule is CCC(=O)Cc1cc(Nc2ncnc3cc(OCC4CCN(C)CC4)ccc23)n[nH]1. The quantitative estimate of drug-likeness (QED) is 0.590. The summed E-state index contributed by atoms with van der Waals surface area (Å²) in [7, 11) is 2.17. The normalized spacial score (nSPS) is 15.4. The van der Waals surface area contributed by atoms with Gasteiger partial charge in [0.05, 0.1) is 12.1 Å². The van der Waals surface area contributed by atoms with E-state index >= 15 is 0 Å². The molecule has 158 valence electrons. The number of hydrogen-bond donors (Lipinski definition) is 2. The molecule has 8 nitrogen and oxygen atoms in total. The van der Waals surface area contributed by atoms with Crippen LogP contribution in [0.2, 0.25) is 0 Å². The first-order valence-electron chi connectivity index (χ1n) is 10.5. The Kier molecular flexibility index (Phi) is 6.23. The van der Waals surface area contributed by atoms with E-state index < -0.39 is 0 Å². The maximum absolute atomic E-state index is 11.6. The molecule has 0 saturated carbocycles. The van der Waals surface area contributed by atoms with Crippen molar-refractivity contribution in [3.63, 3.8) is 0 Å². The zero-order valence-electron chi connectivity index (χ0n) is 17.5. The standard InChI is InChI=1S/C22H28N6O2/c1-3-17(29)10-16-11-21(27-26-16)25-22-19-5-4-18(12-20(19)23-14-24-22)30-13-15-6-8-28(2)9-7-15/h4-5,11-12,14-15H,3,6-10,13H2,1-2H3,(H2,23,24,25,26,27). The van der Waals surface area contributed by atoms with Crippen molar-refractivity contribution < 1.29 is 9.53 Å². The van der Waals surface area contributed by atoms with Gasteiger partial charge in [0.1, 0.15) is 23.7 Å². The molecule has 4 rings (SSSR count). The zero-order chi connectivity index (χ0) is 20.9. The summed E-state index contributed by atoms with van der Waals surface area (Å²) >= 11 is 0. The van der Waals surface area contributed by atoms with E-state index in [1.807, 2.05) is 31.2 Å². The van der Waals surface area contributed by atoms with E-state index in [4.69, 9.17) is 4.74 Å². The van der Waals surface area contributed by atoms with Crippen molar-refractivity contribution in [3.05, 3.63) is 36.3 Å². The molecule has 3 heterocycles. The molecule has 1 aliphatic rings. The van der Waals surface area contributed by atoms with Crippen LogP contribution in [0.3, 0.4) is 0 Å². The van der Waals surface area contributed by atoms with Gasteiger partial charge in [-0.15, -0.1) is 0 Å². The first-order valence-corrected chi connectivity index (χ1v) is 10.5. The summed E-state index contributed by atoms with van der Waals surface area (Å²) in [4.78, 5) is 22.7. The summed E-state index contributed by atoms with van der Waals surface area (Å²) in [5.41, 5.74) is 1.60. The molecule has 0 spiro atoms. The third kappa shape index (κ3) is 4.94. The number of anilines is 2. The molecule has 30 heavy (non-hydrogen) atoms. The summed E-state index contributed by atoms with van der Waals surface area (Å²) in [6.45, 7) is 4.86. The van der Waals surface area contributed by atoms with Gasteiger partial charge in [-0.1, -0.05) is 6.92 Å². The minimum absolute atomic E-state index is 0.172. The lowest BCUT2D eigenvalue weighted by Crippen LogP contribution is -2.32. The number of H-pyrrole nitrogens is 1. The second-order valence-corrected chi connectivity index (χ2v) is 7.93. The molecule has 1 aliphatic heterocycles. The lowest BCUT2D eigenvalue weighted by atomic mass is 9.98. The fraction of sp³-hybridized carbons (Fsp3) is 0.455. The smallest absolute Gasteiger partial charge is 0.153 e. The molecule has 1 saturated heterocycles. The van der Waals surface area contributed by atoms with E-state index in [0.29, 0.717) is 30.4 Å². The number of ketones is 1. The Balaban J connectivity index is 1.43. The maximum atomic E-state index is 11.6. The highest BCUT2D eigenvalue weighted by molar-refractivity contribution is 5.91. The molecule has 2 aromatic heterocycles. The summed E-state index contributed by atoms with van der Waals surface area (Å²) in [6.07, 6.45) is 4.75. The molecule has 0 aliphatic carbocycles. The van der Waals surface area contributed by atoms with Crippen LogP contribution < -0.4 is 10.1 Å². The largest absolute Gasteiger partial charge is 0.493 e. The van der Waals surface area contributed by atoms with Gasteiger partial charge in [0.15, 0.2) is 5.82 Å². The average Bonchev–Trinajstić information content (AvgIpc) is 3.20. The molecule has 1 fully saturated rings. The van der Waals surface area contributed by atoms with E-state index in [1.54, 1.807) is 0 Å². The van der Waals surface area contributed by atoms with Crippen LogP contribution in [0.15, 0.2) is 30.6 Å². The average molecular weight is 409 g/mol. The highest BCUT2D eigenvalue weighted by Gasteiger charge is 2.17. The van der Waals surface area contributed by atoms with Crippen LogP contribution in [-0.2, 0) is 11.2 Å². The van der Waals surface area contributed by atoms with E-state index in [1.165, 1.54) is 19.2 Å². The van der Waals surface area contributed by atoms with Gasteiger partial charge in [0.2, 0.25) is 0 Å². The highest BCUT2D eigenvalue weighted by Crippen LogP contribution is 2.27. The van der Waals surface area contributed by atoms with Crippen molar-refractivity contribution in [1.29, 1.82) is 0 Å². The first-order chi connectivity index (χ1) is 14.6. The Hall–Kier alpha value is -3.00. The lowest BCUT2D eigenvalue weighted by molar-refractivity contribution is -0.118. The minimum Gasteiger partial charge on any atom is -0.493 e. The maximum Gasteiger partial charge on any atom is 0.153 e. The number of likely N-dealkylation sites (tertiary alicyclic amines) is 1. The van der Waals surface area contributed by atoms with Crippen molar-refractivity contribution in [3.8, 4) is 5.75 Å². The number of benzene rings is 1. The fourth-order valence-electron chi connectivity index (χ4n) is 3.64. The van der Waals surface area contributed by atoms with Gasteiger partial charge in [-0.25, -0.2) is 9.97 Å². The second-order valence-electron chi connectivity index (χ2n) is 7.93. The summed E-state index contributed by atoms with van der Waals surface area (Å²) in [5, 5.41) is 11.2. The van der Waals surface area contributed by atoms with E-state index in [0.717, 1.165) is 42.0 Å². The van der Waals surface area contributed by atoms with Crippen LogP contribution in [0.5, 0.6) is 5.75 Å². The van der Waals surface area contributed by atoms with Gasteiger partial charge in [-0.05, 0) is 51.0 Å². The molecule has 0 radical (unpaired) electrons. The number of Topliss-reactive ketones (excluding diaryl/α,β-unsaturated/α-hetero) is 1. The molecule has 8 heteroatoms. The fourth-order valence-corrected chi connectivity index (χ4v) is 3.64. The van der Waals surface area contributed by atoms with Gasteiger partial charge in [0.25, 0.3) is 0 Å². The molecule has 1 aromatic carbocycles. The van der Waals surface area contributed by atoms with Gasteiger partial charge < -0.3 is 15.0 Å². The van der Waals surface area contributed by atoms with Crippen LogP contribution in [0.4, 0.5) is 11.6 Å². The van der Waals surface area contributed by atoms with Gasteiger partial charge >= 0.3 is 0 Å². The predicted octanol–water partition coefficient (Wildman–Crippen LogP) is 3.34. The van der Waals surface area contributed by atoms with Crippen LogP contribution in [-0.4, -0.2) is 57.6 Å². The van der Waals surface area contributed by atoms with Gasteiger partial charge in [0, 0.05) is 36.1 Å². The molecule has 0 amide bonds. The van der Waals surface area contributed by atoms with Crippen LogP contribution in [0, 0.1) is 5.92 Å². The molecule has 0 atom stereocenters. The topological polar surface area (TPSA) is 96.0 Å². The third-order valence-electron chi connectivity index (χ3n) is 5.59. The van der Waals surface area contributed by atoms with E-state index in [-0.39, 0.29) is 5.78 Å².